The summed E-state index contributed by atoms with van der Waals surface area (Å²) in [6, 6.07) is 3.79. The third kappa shape index (κ3) is 10.5. The van der Waals surface area contributed by atoms with Crippen LogP contribution in [-0.2, 0) is 11.2 Å². The topological polar surface area (TPSA) is 27.7 Å². The van der Waals surface area contributed by atoms with E-state index in [4.69, 9.17) is 49.0 Å². The molecule has 0 saturated carbocycles. The zero-order valence-electron chi connectivity index (χ0n) is 16.3. The Kier molecular flexibility index (Phi) is 11.9. The molecular weight excluding hydrogens is 452 g/mol. The summed E-state index contributed by atoms with van der Waals surface area (Å²) in [5.41, 5.74) is 1.97. The summed E-state index contributed by atoms with van der Waals surface area (Å²) < 4.78 is 53.4. The second-order valence-corrected chi connectivity index (χ2v) is 7.48. The van der Waals surface area contributed by atoms with Crippen LogP contribution in [0, 0.1) is 6.92 Å². The molecule has 0 aliphatic rings. The van der Waals surface area contributed by atoms with Crippen LogP contribution in [0.25, 0.3) is 0 Å². The van der Waals surface area contributed by atoms with Crippen LogP contribution in [0.1, 0.15) is 30.9 Å². The Morgan fingerprint density at radius 1 is 1.00 bits per heavy atom. The molecule has 3 nitrogen and oxygen atoms in total. The monoisotopic (exact) mass is 474 g/mol. The van der Waals surface area contributed by atoms with Crippen molar-refractivity contribution in [3.63, 3.8) is 0 Å². The molecule has 0 amide bonds. The minimum Gasteiger partial charge on any atom is -0.493 e. The Morgan fingerprint density at radius 3 is 2.31 bits per heavy atom. The fourth-order valence-electron chi connectivity index (χ4n) is 2.38. The largest absolute Gasteiger partial charge is 0.493 e. The van der Waals surface area contributed by atoms with E-state index in [-0.39, 0.29) is 17.7 Å². The summed E-state index contributed by atoms with van der Waals surface area (Å²) >= 11 is 16.2. The number of hydrogen-bond donors (Lipinski definition) is 0. The van der Waals surface area contributed by atoms with Gasteiger partial charge in [0.05, 0.1) is 13.2 Å². The quantitative estimate of drug-likeness (QED) is 0.301. The van der Waals surface area contributed by atoms with Gasteiger partial charge in [-0.15, -0.1) is 0 Å². The van der Waals surface area contributed by atoms with Gasteiger partial charge in [-0.2, -0.15) is 13.2 Å². The maximum Gasteiger partial charge on any atom is 0.426 e. The first kappa shape index (κ1) is 26.0. The Morgan fingerprint density at radius 2 is 1.69 bits per heavy atom. The molecule has 0 atom stereocenters. The van der Waals surface area contributed by atoms with Crippen LogP contribution in [0.5, 0.6) is 11.5 Å². The molecular formula is C20H24Cl3F3O3. The third-order valence-electron chi connectivity index (χ3n) is 3.77. The highest BCUT2D eigenvalue weighted by Crippen LogP contribution is 2.30. The van der Waals surface area contributed by atoms with Crippen LogP contribution in [0.4, 0.5) is 13.2 Å². The molecule has 0 fully saturated rings. The molecule has 0 bridgehead atoms. The van der Waals surface area contributed by atoms with Crippen LogP contribution < -0.4 is 9.47 Å². The SMILES string of the molecule is CCc1cc(OCC=C(Cl)Cl)cc(C)c1OCCCCOC/C=C(\Cl)C(F)(F)F. The van der Waals surface area contributed by atoms with Crippen LogP contribution in [-0.4, -0.2) is 32.6 Å². The molecule has 1 aromatic carbocycles. The van der Waals surface area contributed by atoms with E-state index in [1.807, 2.05) is 26.0 Å². The summed E-state index contributed by atoms with van der Waals surface area (Å²) in [5, 5.41) is -1.17. The van der Waals surface area contributed by atoms with Crippen molar-refractivity contribution in [1.82, 2.24) is 0 Å². The molecule has 9 heteroatoms. The van der Waals surface area contributed by atoms with Crippen molar-refractivity contribution in [3.8, 4) is 11.5 Å². The van der Waals surface area contributed by atoms with E-state index in [0.29, 0.717) is 31.8 Å². The Balaban J connectivity index is 2.41. The highest BCUT2D eigenvalue weighted by atomic mass is 35.5. The lowest BCUT2D eigenvalue weighted by Crippen LogP contribution is -2.08. The number of unbranched alkanes of at least 4 members (excludes halogenated alkanes) is 1. The molecule has 29 heavy (non-hydrogen) atoms. The van der Waals surface area contributed by atoms with Gasteiger partial charge in [-0.05, 0) is 61.6 Å². The minimum absolute atomic E-state index is 0.154. The Hall–Kier alpha value is -1.08. The molecule has 0 radical (unpaired) electrons. The second-order valence-electron chi connectivity index (χ2n) is 6.07. The summed E-state index contributed by atoms with van der Waals surface area (Å²) in [6.45, 7) is 4.85. The molecule has 1 aromatic rings. The smallest absolute Gasteiger partial charge is 0.426 e. The molecule has 0 N–H and O–H groups in total. The van der Waals surface area contributed by atoms with E-state index in [1.165, 1.54) is 0 Å². The molecule has 0 heterocycles. The molecule has 0 aliphatic heterocycles. The predicted molar refractivity (Wildman–Crippen MR) is 111 cm³/mol. The maximum atomic E-state index is 12.2. The number of aryl methyl sites for hydroxylation is 2. The lowest BCUT2D eigenvalue weighted by atomic mass is 10.1. The number of hydrogen-bond acceptors (Lipinski definition) is 3. The van der Waals surface area contributed by atoms with Gasteiger partial charge in [0, 0.05) is 6.61 Å². The van der Waals surface area contributed by atoms with Crippen molar-refractivity contribution in [3.05, 3.63) is 44.9 Å². The van der Waals surface area contributed by atoms with Crippen LogP contribution in [0.2, 0.25) is 0 Å². The Bertz CT molecular complexity index is 700. The van der Waals surface area contributed by atoms with Gasteiger partial charge >= 0.3 is 6.18 Å². The second kappa shape index (κ2) is 13.3. The van der Waals surface area contributed by atoms with Crippen molar-refractivity contribution in [2.75, 3.05) is 26.4 Å². The average molecular weight is 476 g/mol. The van der Waals surface area contributed by atoms with Crippen molar-refractivity contribution in [2.45, 2.75) is 39.3 Å². The zero-order chi connectivity index (χ0) is 21.9. The molecule has 0 saturated heterocycles. The van der Waals surface area contributed by atoms with Crippen molar-refractivity contribution >= 4 is 34.8 Å². The Labute approximate surface area is 184 Å². The normalized spacial score (nSPS) is 12.1. The maximum absolute atomic E-state index is 12.2. The molecule has 0 aliphatic carbocycles. The van der Waals surface area contributed by atoms with Gasteiger partial charge < -0.3 is 14.2 Å². The number of halogens is 6. The first-order valence-electron chi connectivity index (χ1n) is 9.06. The van der Waals surface area contributed by atoms with Gasteiger partial charge in [0.2, 0.25) is 0 Å². The molecule has 0 aromatic heterocycles. The van der Waals surface area contributed by atoms with Gasteiger partial charge in [-0.1, -0.05) is 41.7 Å². The zero-order valence-corrected chi connectivity index (χ0v) is 18.5. The number of rotatable bonds is 12. The molecule has 0 unspecified atom stereocenters. The molecule has 164 valence electrons. The predicted octanol–water partition coefficient (Wildman–Crippen LogP) is 7.12. The number of ether oxygens (including phenoxy) is 3. The average Bonchev–Trinajstić information content (AvgIpc) is 2.63. The van der Waals surface area contributed by atoms with Gasteiger partial charge in [-0.25, -0.2) is 0 Å². The van der Waals surface area contributed by atoms with Gasteiger partial charge in [-0.3, -0.25) is 0 Å². The van der Waals surface area contributed by atoms with Gasteiger partial charge in [0.15, 0.2) is 0 Å². The van der Waals surface area contributed by atoms with E-state index >= 15 is 0 Å². The fraction of sp³-hybridized carbons (Fsp3) is 0.500. The molecule has 0 spiro atoms. The number of alkyl halides is 3. The summed E-state index contributed by atoms with van der Waals surface area (Å²) in [6.07, 6.45) is -0.0168. The van der Waals surface area contributed by atoms with Crippen molar-refractivity contribution < 1.29 is 27.4 Å². The number of benzene rings is 1. The van der Waals surface area contributed by atoms with Crippen LogP contribution >= 0.6 is 34.8 Å². The highest BCUT2D eigenvalue weighted by Gasteiger charge is 2.31. The van der Waals surface area contributed by atoms with Crippen molar-refractivity contribution in [1.29, 1.82) is 0 Å². The highest BCUT2D eigenvalue weighted by molar-refractivity contribution is 6.55. The van der Waals surface area contributed by atoms with E-state index in [2.05, 4.69) is 0 Å². The van der Waals surface area contributed by atoms with E-state index < -0.39 is 11.2 Å². The van der Waals surface area contributed by atoms with Crippen molar-refractivity contribution in [2.24, 2.45) is 0 Å². The third-order valence-corrected chi connectivity index (χ3v) is 4.45. The fourth-order valence-corrected chi connectivity index (χ4v) is 2.57. The number of allylic oxidation sites excluding steroid dienone is 1. The van der Waals surface area contributed by atoms with Crippen LogP contribution in [0.3, 0.4) is 0 Å². The van der Waals surface area contributed by atoms with E-state index in [9.17, 15) is 13.2 Å². The van der Waals surface area contributed by atoms with Crippen LogP contribution in [0.15, 0.2) is 33.8 Å². The summed E-state index contributed by atoms with van der Waals surface area (Å²) in [4.78, 5) is 0. The standard InChI is InChI=1S/C20H24Cl3F3O3/c1-3-15-13-16(28-11-7-18(22)23)12-14(2)19(15)29-9-5-4-8-27-10-6-17(21)20(24,25)26/h6-7,12-13H,3-5,8-11H2,1-2H3/b17-6-. The van der Waals surface area contributed by atoms with E-state index in [0.717, 1.165) is 29.4 Å². The minimum atomic E-state index is -4.53. The lowest BCUT2D eigenvalue weighted by Gasteiger charge is -2.15. The van der Waals surface area contributed by atoms with E-state index in [1.54, 1.807) is 6.08 Å². The lowest BCUT2D eigenvalue weighted by molar-refractivity contribution is -0.0850. The van der Waals surface area contributed by atoms with Gasteiger partial charge in [0.25, 0.3) is 0 Å². The molecule has 1 rings (SSSR count). The first-order chi connectivity index (χ1) is 13.6. The first-order valence-corrected chi connectivity index (χ1v) is 10.2. The van der Waals surface area contributed by atoms with Gasteiger partial charge in [0.1, 0.15) is 27.6 Å². The summed E-state index contributed by atoms with van der Waals surface area (Å²) in [5.74, 6) is 1.52. The summed E-state index contributed by atoms with van der Waals surface area (Å²) in [7, 11) is 0.